The largest absolute Gasteiger partial charge is 0.468 e. The number of ether oxygens (including phenoxy) is 1. The Morgan fingerprint density at radius 3 is 2.50 bits per heavy atom. The summed E-state index contributed by atoms with van der Waals surface area (Å²) in [6.45, 7) is 2.91. The summed E-state index contributed by atoms with van der Waals surface area (Å²) in [6.07, 6.45) is 0.583. The van der Waals surface area contributed by atoms with Crippen molar-refractivity contribution in [3.8, 4) is 0 Å². The van der Waals surface area contributed by atoms with Crippen LogP contribution in [0.1, 0.15) is 26.7 Å². The first-order valence-electron chi connectivity index (χ1n) is 3.89. The van der Waals surface area contributed by atoms with Crippen molar-refractivity contribution in [2.45, 2.75) is 38.4 Å². The van der Waals surface area contributed by atoms with Crippen LogP contribution in [0.2, 0.25) is 0 Å². The summed E-state index contributed by atoms with van der Waals surface area (Å²) in [6, 6.07) is -0.704. The molecule has 0 unspecified atom stereocenters. The lowest BCUT2D eigenvalue weighted by molar-refractivity contribution is -0.142. The van der Waals surface area contributed by atoms with Crippen LogP contribution in [0.25, 0.3) is 0 Å². The van der Waals surface area contributed by atoms with E-state index in [1.807, 2.05) is 0 Å². The molecule has 0 aromatic rings. The minimum absolute atomic E-state index is 0.267. The lowest BCUT2D eigenvalue weighted by Crippen LogP contribution is -2.33. The van der Waals surface area contributed by atoms with E-state index in [1.165, 1.54) is 21.0 Å². The minimum Gasteiger partial charge on any atom is -0.468 e. The number of alkyl halides is 1. The molecule has 0 saturated carbocycles. The van der Waals surface area contributed by atoms with Gasteiger partial charge >= 0.3 is 5.97 Å². The fourth-order valence-corrected chi connectivity index (χ4v) is 0.768. The second-order valence-electron chi connectivity index (χ2n) is 3.39. The standard InChI is InChI=1S/C8H16FNO2/c1-8(2,9)5-4-6(10)7(11)12-3/h6H,4-5,10H2,1-3H3/t6-/m0/s1. The predicted molar refractivity (Wildman–Crippen MR) is 44.4 cm³/mol. The lowest BCUT2D eigenvalue weighted by Gasteiger charge is -2.15. The van der Waals surface area contributed by atoms with E-state index in [2.05, 4.69) is 4.74 Å². The average Bonchev–Trinajstić information content (AvgIpc) is 1.97. The van der Waals surface area contributed by atoms with Gasteiger partial charge in [-0.25, -0.2) is 4.39 Å². The lowest BCUT2D eigenvalue weighted by atomic mass is 10.0. The molecule has 2 N–H and O–H groups in total. The van der Waals surface area contributed by atoms with Gasteiger partial charge in [-0.2, -0.15) is 0 Å². The van der Waals surface area contributed by atoms with E-state index >= 15 is 0 Å². The number of hydrogen-bond acceptors (Lipinski definition) is 3. The van der Waals surface area contributed by atoms with Crippen LogP contribution in [0.15, 0.2) is 0 Å². The van der Waals surface area contributed by atoms with Crippen molar-refractivity contribution in [2.24, 2.45) is 5.73 Å². The number of methoxy groups -OCH3 is 1. The highest BCUT2D eigenvalue weighted by atomic mass is 19.1. The average molecular weight is 177 g/mol. The maximum atomic E-state index is 12.9. The Bertz CT molecular complexity index is 154. The molecule has 0 aliphatic carbocycles. The van der Waals surface area contributed by atoms with Crippen molar-refractivity contribution in [3.63, 3.8) is 0 Å². The number of carbonyl (C=O) groups is 1. The van der Waals surface area contributed by atoms with Crippen LogP contribution in [0.4, 0.5) is 4.39 Å². The van der Waals surface area contributed by atoms with E-state index in [0.29, 0.717) is 6.42 Å². The highest BCUT2D eigenvalue weighted by molar-refractivity contribution is 5.75. The molecular weight excluding hydrogens is 161 g/mol. The van der Waals surface area contributed by atoms with Gasteiger partial charge in [0, 0.05) is 0 Å². The second-order valence-corrected chi connectivity index (χ2v) is 3.39. The molecule has 0 aliphatic rings. The number of nitrogens with two attached hydrogens (primary N) is 1. The molecule has 0 aliphatic heterocycles. The molecule has 0 aromatic carbocycles. The Morgan fingerprint density at radius 1 is 1.67 bits per heavy atom. The first kappa shape index (κ1) is 11.4. The van der Waals surface area contributed by atoms with Crippen LogP contribution in [0, 0.1) is 0 Å². The molecule has 4 heteroatoms. The van der Waals surface area contributed by atoms with Gasteiger partial charge < -0.3 is 10.5 Å². The molecule has 0 radical (unpaired) electrons. The van der Waals surface area contributed by atoms with E-state index < -0.39 is 17.7 Å². The molecule has 0 fully saturated rings. The third-order valence-electron chi connectivity index (χ3n) is 1.55. The smallest absolute Gasteiger partial charge is 0.322 e. The summed E-state index contributed by atoms with van der Waals surface area (Å²) in [5.74, 6) is -0.487. The zero-order valence-corrected chi connectivity index (χ0v) is 7.76. The fraction of sp³-hybridized carbons (Fsp3) is 0.875. The van der Waals surface area contributed by atoms with Crippen molar-refractivity contribution >= 4 is 5.97 Å². The molecule has 0 aromatic heterocycles. The van der Waals surface area contributed by atoms with Gasteiger partial charge in [-0.1, -0.05) is 0 Å². The van der Waals surface area contributed by atoms with Gasteiger partial charge in [-0.15, -0.1) is 0 Å². The Morgan fingerprint density at radius 2 is 2.17 bits per heavy atom. The molecule has 0 rings (SSSR count). The first-order valence-corrected chi connectivity index (χ1v) is 3.89. The minimum atomic E-state index is -1.27. The number of carbonyl (C=O) groups excluding carboxylic acids is 1. The Kier molecular flexibility index (Phi) is 4.17. The van der Waals surface area contributed by atoms with Crippen molar-refractivity contribution in [1.82, 2.24) is 0 Å². The fourth-order valence-electron chi connectivity index (χ4n) is 0.768. The monoisotopic (exact) mass is 177 g/mol. The van der Waals surface area contributed by atoms with Crippen LogP contribution in [-0.4, -0.2) is 24.8 Å². The molecule has 72 valence electrons. The van der Waals surface area contributed by atoms with Gasteiger partial charge in [0.25, 0.3) is 0 Å². The molecule has 3 nitrogen and oxygen atoms in total. The highest BCUT2D eigenvalue weighted by Gasteiger charge is 2.20. The summed E-state index contributed by atoms with van der Waals surface area (Å²) in [5, 5.41) is 0. The van der Waals surface area contributed by atoms with Crippen molar-refractivity contribution < 1.29 is 13.9 Å². The molecule has 0 heterocycles. The maximum absolute atomic E-state index is 12.9. The predicted octanol–water partition coefficient (Wildman–Crippen LogP) is 1.01. The van der Waals surface area contributed by atoms with Crippen LogP contribution < -0.4 is 5.73 Å². The number of halogens is 1. The normalized spacial score (nSPS) is 14.1. The number of rotatable bonds is 4. The summed E-state index contributed by atoms with van der Waals surface area (Å²) < 4.78 is 17.3. The third-order valence-corrected chi connectivity index (χ3v) is 1.55. The van der Waals surface area contributed by atoms with Crippen LogP contribution in [0.3, 0.4) is 0 Å². The highest BCUT2D eigenvalue weighted by Crippen LogP contribution is 2.16. The summed E-state index contributed by atoms with van der Waals surface area (Å²) >= 11 is 0. The molecule has 0 bridgehead atoms. The van der Waals surface area contributed by atoms with Gasteiger partial charge in [0.2, 0.25) is 0 Å². The molecule has 0 amide bonds. The molecule has 12 heavy (non-hydrogen) atoms. The summed E-state index contributed by atoms with van der Waals surface area (Å²) in [4.78, 5) is 10.8. The summed E-state index contributed by atoms with van der Waals surface area (Å²) in [5.41, 5.74) is 4.12. The van der Waals surface area contributed by atoms with E-state index in [4.69, 9.17) is 5.73 Å². The van der Waals surface area contributed by atoms with Gasteiger partial charge in [0.1, 0.15) is 11.7 Å². The quantitative estimate of drug-likeness (QED) is 0.652. The van der Waals surface area contributed by atoms with E-state index in [9.17, 15) is 9.18 Å². The van der Waals surface area contributed by atoms with Crippen molar-refractivity contribution in [1.29, 1.82) is 0 Å². The van der Waals surface area contributed by atoms with E-state index in [0.717, 1.165) is 0 Å². The van der Waals surface area contributed by atoms with Crippen molar-refractivity contribution in [3.05, 3.63) is 0 Å². The zero-order valence-electron chi connectivity index (χ0n) is 7.76. The molecule has 0 saturated heterocycles. The van der Waals surface area contributed by atoms with Gasteiger partial charge in [0.05, 0.1) is 7.11 Å². The first-order chi connectivity index (χ1) is 5.37. The Labute approximate surface area is 72.1 Å². The number of esters is 1. The van der Waals surface area contributed by atoms with Crippen LogP contribution in [-0.2, 0) is 9.53 Å². The second kappa shape index (κ2) is 4.40. The third kappa shape index (κ3) is 5.07. The molecule has 0 spiro atoms. The van der Waals surface area contributed by atoms with E-state index in [-0.39, 0.29) is 6.42 Å². The number of hydrogen-bond donors (Lipinski definition) is 1. The molecule has 1 atom stereocenters. The Hall–Kier alpha value is -0.640. The topological polar surface area (TPSA) is 52.3 Å². The van der Waals surface area contributed by atoms with Gasteiger partial charge in [0.15, 0.2) is 0 Å². The van der Waals surface area contributed by atoms with Crippen molar-refractivity contribution in [2.75, 3.05) is 7.11 Å². The zero-order chi connectivity index (χ0) is 9.78. The van der Waals surface area contributed by atoms with Crippen LogP contribution >= 0.6 is 0 Å². The molecular formula is C8H16FNO2. The maximum Gasteiger partial charge on any atom is 0.322 e. The SMILES string of the molecule is COC(=O)[C@@H](N)CCC(C)(C)F. The van der Waals surface area contributed by atoms with Gasteiger partial charge in [-0.05, 0) is 26.7 Å². The summed E-state index contributed by atoms with van der Waals surface area (Å²) in [7, 11) is 1.27. The van der Waals surface area contributed by atoms with Gasteiger partial charge in [-0.3, -0.25) is 4.79 Å². The Balaban J connectivity index is 3.72. The van der Waals surface area contributed by atoms with E-state index in [1.54, 1.807) is 0 Å². The van der Waals surface area contributed by atoms with Crippen LogP contribution in [0.5, 0.6) is 0 Å².